The van der Waals surface area contributed by atoms with Crippen molar-refractivity contribution in [2.75, 3.05) is 23.7 Å². The minimum absolute atomic E-state index is 0.0988. The zero-order valence-electron chi connectivity index (χ0n) is 13.4. The summed E-state index contributed by atoms with van der Waals surface area (Å²) in [6, 6.07) is -0.105. The van der Waals surface area contributed by atoms with E-state index >= 15 is 4.39 Å². The van der Waals surface area contributed by atoms with E-state index in [2.05, 4.69) is 0 Å². The van der Waals surface area contributed by atoms with Crippen molar-refractivity contribution in [2.24, 2.45) is 0 Å². The Morgan fingerprint density at radius 1 is 1.20 bits per heavy atom. The molecule has 2 aliphatic rings. The summed E-state index contributed by atoms with van der Waals surface area (Å²) in [7, 11) is 0. The lowest BCUT2D eigenvalue weighted by Crippen LogP contribution is -2.25. The average molecular weight is 349 g/mol. The van der Waals surface area contributed by atoms with Gasteiger partial charge in [-0.1, -0.05) is 0 Å². The van der Waals surface area contributed by atoms with Crippen LogP contribution < -0.4 is 16.1 Å². The fourth-order valence-electron chi connectivity index (χ4n) is 3.56. The summed E-state index contributed by atoms with van der Waals surface area (Å²) in [5.74, 6) is -3.27. The van der Waals surface area contributed by atoms with Gasteiger partial charge in [0.15, 0.2) is 11.6 Å². The monoisotopic (exact) mass is 349 g/mol. The van der Waals surface area contributed by atoms with E-state index < -0.39 is 34.3 Å². The van der Waals surface area contributed by atoms with Crippen molar-refractivity contribution in [3.63, 3.8) is 0 Å². The van der Waals surface area contributed by atoms with Crippen molar-refractivity contribution in [1.29, 1.82) is 0 Å². The van der Waals surface area contributed by atoms with Crippen LogP contribution in [0.1, 0.15) is 42.1 Å². The lowest BCUT2D eigenvalue weighted by molar-refractivity contribution is 0.0695. The molecule has 0 spiro atoms. The molecule has 132 valence electrons. The summed E-state index contributed by atoms with van der Waals surface area (Å²) >= 11 is 0. The molecule has 1 saturated heterocycles. The minimum atomic E-state index is -1.44. The van der Waals surface area contributed by atoms with Gasteiger partial charge in [0.25, 0.3) is 0 Å². The summed E-state index contributed by atoms with van der Waals surface area (Å²) in [6.45, 7) is 1.03. The Balaban J connectivity index is 2.13. The number of nitrogens with zero attached hydrogens (tertiary/aromatic N) is 2. The molecule has 2 aromatic rings. The van der Waals surface area contributed by atoms with Crippen molar-refractivity contribution in [2.45, 2.75) is 31.7 Å². The molecule has 1 aliphatic carbocycles. The first-order valence-corrected chi connectivity index (χ1v) is 8.25. The third kappa shape index (κ3) is 2.27. The highest BCUT2D eigenvalue weighted by atomic mass is 19.1. The molecule has 0 unspecified atom stereocenters. The molecule has 1 aromatic heterocycles. The van der Waals surface area contributed by atoms with Gasteiger partial charge in [-0.3, -0.25) is 4.79 Å². The largest absolute Gasteiger partial charge is 0.477 e. The molecule has 2 fully saturated rings. The molecule has 8 heteroatoms. The number of aromatic nitrogens is 1. The van der Waals surface area contributed by atoms with Gasteiger partial charge in [0.05, 0.1) is 16.6 Å². The number of fused-ring (bicyclic) bond motifs is 1. The Hall–Kier alpha value is -2.64. The first-order chi connectivity index (χ1) is 11.9. The van der Waals surface area contributed by atoms with E-state index in [9.17, 15) is 19.1 Å². The van der Waals surface area contributed by atoms with E-state index in [1.807, 2.05) is 0 Å². The van der Waals surface area contributed by atoms with Crippen molar-refractivity contribution in [3.05, 3.63) is 33.6 Å². The maximum absolute atomic E-state index is 15.3. The number of halogens is 2. The van der Waals surface area contributed by atoms with Crippen LogP contribution in [-0.4, -0.2) is 28.7 Å². The lowest BCUT2D eigenvalue weighted by Gasteiger charge is -2.23. The molecule has 0 amide bonds. The summed E-state index contributed by atoms with van der Waals surface area (Å²) in [5, 5.41) is 8.87. The molecule has 0 radical (unpaired) electrons. The Morgan fingerprint density at radius 2 is 1.84 bits per heavy atom. The smallest absolute Gasteiger partial charge is 0.341 e. The molecular weight excluding hydrogens is 332 g/mol. The van der Waals surface area contributed by atoms with E-state index in [1.165, 1.54) is 4.57 Å². The van der Waals surface area contributed by atoms with Crippen molar-refractivity contribution < 1.29 is 18.7 Å². The number of hydrogen-bond acceptors (Lipinski definition) is 4. The van der Waals surface area contributed by atoms with Gasteiger partial charge >= 0.3 is 5.97 Å². The fraction of sp³-hybridized carbons (Fsp3) is 0.412. The number of carboxylic acids is 1. The molecule has 1 aromatic carbocycles. The Labute approximate surface area is 141 Å². The maximum Gasteiger partial charge on any atom is 0.341 e. The molecule has 1 aliphatic heterocycles. The quantitative estimate of drug-likeness (QED) is 0.831. The first-order valence-electron chi connectivity index (χ1n) is 8.25. The van der Waals surface area contributed by atoms with Crippen molar-refractivity contribution >= 4 is 28.2 Å². The molecule has 0 atom stereocenters. The van der Waals surface area contributed by atoms with Crippen LogP contribution in [0.15, 0.2) is 11.0 Å². The van der Waals surface area contributed by atoms with Crippen molar-refractivity contribution in [1.82, 2.24) is 4.57 Å². The Kier molecular flexibility index (Phi) is 3.45. The summed E-state index contributed by atoms with van der Waals surface area (Å²) in [4.78, 5) is 25.5. The molecule has 1 saturated carbocycles. The molecule has 3 N–H and O–H groups in total. The second kappa shape index (κ2) is 5.44. The van der Waals surface area contributed by atoms with Gasteiger partial charge in [-0.15, -0.1) is 0 Å². The number of nitrogens with two attached hydrogens (primary N) is 1. The third-order valence-corrected chi connectivity index (χ3v) is 4.96. The van der Waals surface area contributed by atoms with Crippen LogP contribution >= 0.6 is 0 Å². The Bertz CT molecular complexity index is 960. The second-order valence-electron chi connectivity index (χ2n) is 6.62. The molecule has 6 nitrogen and oxygen atoms in total. The number of benzene rings is 1. The van der Waals surface area contributed by atoms with Crippen LogP contribution in [0.3, 0.4) is 0 Å². The number of aromatic carboxylic acids is 1. The number of pyridine rings is 1. The van der Waals surface area contributed by atoms with E-state index in [0.29, 0.717) is 13.1 Å². The van der Waals surface area contributed by atoms with Crippen LogP contribution in [0.5, 0.6) is 0 Å². The predicted molar refractivity (Wildman–Crippen MR) is 89.2 cm³/mol. The van der Waals surface area contributed by atoms with E-state index in [0.717, 1.165) is 31.9 Å². The number of carbonyl (C=O) groups is 1. The zero-order valence-corrected chi connectivity index (χ0v) is 13.4. The van der Waals surface area contributed by atoms with E-state index in [-0.39, 0.29) is 22.6 Å². The van der Waals surface area contributed by atoms with Crippen LogP contribution in [-0.2, 0) is 0 Å². The number of nitrogen functional groups attached to an aromatic ring is 1. The van der Waals surface area contributed by atoms with Crippen LogP contribution in [0.25, 0.3) is 10.9 Å². The van der Waals surface area contributed by atoms with Gasteiger partial charge in [0.2, 0.25) is 5.43 Å². The van der Waals surface area contributed by atoms with Gasteiger partial charge in [0.1, 0.15) is 11.3 Å². The van der Waals surface area contributed by atoms with E-state index in [4.69, 9.17) is 5.73 Å². The van der Waals surface area contributed by atoms with Crippen LogP contribution in [0, 0.1) is 11.6 Å². The molecule has 2 heterocycles. The molecular formula is C17H17F2N3O3. The average Bonchev–Trinajstić information content (AvgIpc) is 3.28. The van der Waals surface area contributed by atoms with E-state index in [1.54, 1.807) is 4.90 Å². The van der Waals surface area contributed by atoms with Crippen molar-refractivity contribution in [3.8, 4) is 0 Å². The first kappa shape index (κ1) is 15.9. The maximum atomic E-state index is 15.3. The summed E-state index contributed by atoms with van der Waals surface area (Å²) < 4.78 is 31.5. The van der Waals surface area contributed by atoms with Crippen LogP contribution in [0.2, 0.25) is 0 Å². The van der Waals surface area contributed by atoms with Gasteiger partial charge in [-0.05, 0) is 25.7 Å². The van der Waals surface area contributed by atoms with Crippen LogP contribution in [0.4, 0.5) is 20.2 Å². The fourth-order valence-corrected chi connectivity index (χ4v) is 3.56. The zero-order chi connectivity index (χ0) is 17.9. The van der Waals surface area contributed by atoms with Gasteiger partial charge < -0.3 is 20.3 Å². The standard InChI is InChI=1S/C17H17F2N3O3/c18-11-13(20)10-14(12(19)15(11)21-5-1-2-6-21)22(8-3-4-8)7-9(16(10)23)17(24)25/h7-8H,1-6,20H2,(H,24,25). The minimum Gasteiger partial charge on any atom is -0.477 e. The summed E-state index contributed by atoms with van der Waals surface area (Å²) in [6.07, 6.45) is 4.28. The number of rotatable bonds is 3. The normalized spacial score (nSPS) is 17.4. The highest BCUT2D eigenvalue weighted by Crippen LogP contribution is 2.42. The topological polar surface area (TPSA) is 88.6 Å². The third-order valence-electron chi connectivity index (χ3n) is 4.96. The van der Waals surface area contributed by atoms with Gasteiger partial charge in [-0.2, -0.15) is 0 Å². The second-order valence-corrected chi connectivity index (χ2v) is 6.62. The SMILES string of the molecule is Nc1c(F)c(N2CCCC2)c(F)c2c1c(=O)c(C(=O)O)cn2C1CC1. The summed E-state index contributed by atoms with van der Waals surface area (Å²) in [5.41, 5.74) is 3.55. The number of anilines is 2. The number of carboxylic acid groups (broad SMARTS) is 1. The van der Waals surface area contributed by atoms with Gasteiger partial charge in [-0.25, -0.2) is 13.6 Å². The lowest BCUT2D eigenvalue weighted by atomic mass is 10.1. The molecule has 4 rings (SSSR count). The molecule has 25 heavy (non-hydrogen) atoms. The highest BCUT2D eigenvalue weighted by Gasteiger charge is 2.33. The number of hydrogen-bond donors (Lipinski definition) is 2. The van der Waals surface area contributed by atoms with Gasteiger partial charge in [0, 0.05) is 25.3 Å². The Morgan fingerprint density at radius 3 is 2.40 bits per heavy atom. The predicted octanol–water partition coefficient (Wildman–Crippen LogP) is 2.50. The highest BCUT2D eigenvalue weighted by molar-refractivity contribution is 5.99. The molecule has 0 bridgehead atoms.